The van der Waals surface area contributed by atoms with Crippen molar-refractivity contribution in [3.63, 3.8) is 0 Å². The second-order valence-corrected chi connectivity index (χ2v) is 7.71. The molecule has 8 nitrogen and oxygen atoms in total. The van der Waals surface area contributed by atoms with Crippen LogP contribution < -0.4 is 4.74 Å². The van der Waals surface area contributed by atoms with Crippen LogP contribution in [0.15, 0.2) is 67.0 Å². The number of benzene rings is 1. The van der Waals surface area contributed by atoms with E-state index in [9.17, 15) is 14.7 Å². The van der Waals surface area contributed by atoms with E-state index in [4.69, 9.17) is 16.3 Å². The fourth-order valence-corrected chi connectivity index (χ4v) is 4.03. The van der Waals surface area contributed by atoms with Crippen molar-refractivity contribution in [1.29, 1.82) is 0 Å². The second kappa shape index (κ2) is 9.23. The van der Waals surface area contributed by atoms with E-state index < -0.39 is 17.7 Å². The van der Waals surface area contributed by atoms with E-state index in [1.54, 1.807) is 49.2 Å². The van der Waals surface area contributed by atoms with Gasteiger partial charge in [0.2, 0.25) is 0 Å². The number of aliphatic hydroxyl groups is 1. The Kier molecular flexibility index (Phi) is 6.23. The number of ketones is 1. The van der Waals surface area contributed by atoms with E-state index in [1.807, 2.05) is 10.8 Å². The molecule has 1 N–H and O–H groups in total. The third-order valence-electron chi connectivity index (χ3n) is 5.35. The molecular weight excluding hydrogens is 432 g/mol. The first kappa shape index (κ1) is 21.6. The number of amides is 1. The number of carbonyl (C=O) groups excluding carboxylic acids is 2. The minimum atomic E-state index is -0.760. The Balaban J connectivity index is 1.76. The summed E-state index contributed by atoms with van der Waals surface area (Å²) in [5.74, 6) is -1.41. The number of aliphatic hydroxyl groups excluding tert-OH is 1. The van der Waals surface area contributed by atoms with Crippen molar-refractivity contribution < 1.29 is 19.4 Å². The third kappa shape index (κ3) is 4.09. The summed E-state index contributed by atoms with van der Waals surface area (Å²) in [4.78, 5) is 35.6. The van der Waals surface area contributed by atoms with Crippen LogP contribution in [0.4, 0.5) is 0 Å². The van der Waals surface area contributed by atoms with Gasteiger partial charge in [0.15, 0.2) is 0 Å². The number of halogens is 1. The van der Waals surface area contributed by atoms with Gasteiger partial charge in [-0.05, 0) is 42.3 Å². The number of ether oxygens (including phenoxy) is 1. The highest BCUT2D eigenvalue weighted by Gasteiger charge is 2.46. The van der Waals surface area contributed by atoms with Crippen LogP contribution in [0.3, 0.4) is 0 Å². The van der Waals surface area contributed by atoms with Crippen molar-refractivity contribution in [1.82, 2.24) is 19.4 Å². The van der Waals surface area contributed by atoms with E-state index in [0.717, 1.165) is 0 Å². The Hall–Kier alpha value is -3.65. The van der Waals surface area contributed by atoms with Gasteiger partial charge in [-0.25, -0.2) is 4.98 Å². The van der Waals surface area contributed by atoms with Crippen LogP contribution in [0.2, 0.25) is 5.02 Å². The molecule has 1 aliphatic rings. The van der Waals surface area contributed by atoms with Gasteiger partial charge in [0.05, 0.1) is 30.6 Å². The summed E-state index contributed by atoms with van der Waals surface area (Å²) in [5.41, 5.74) is 0.907. The highest BCUT2D eigenvalue weighted by molar-refractivity contribution is 6.46. The number of methoxy groups -OCH3 is 1. The first-order valence-corrected chi connectivity index (χ1v) is 10.4. The predicted octanol–water partition coefficient (Wildman–Crippen LogP) is 3.45. The molecule has 1 saturated heterocycles. The van der Waals surface area contributed by atoms with E-state index in [2.05, 4.69) is 9.97 Å². The van der Waals surface area contributed by atoms with Crippen LogP contribution in [0.1, 0.15) is 23.6 Å². The minimum Gasteiger partial charge on any atom is -0.507 e. The molecule has 1 aliphatic heterocycles. The zero-order valence-electron chi connectivity index (χ0n) is 17.3. The molecule has 1 fully saturated rings. The molecule has 0 unspecified atom stereocenters. The Morgan fingerprint density at radius 1 is 1.12 bits per heavy atom. The standard InChI is InChI=1S/C23H21ClN4O4/c1-32-18-4-3-16(24)13-17(18)21(29)19-20(15-5-7-25-8-6-15)28(23(31)22(19)30)11-2-10-27-12-9-26-14-27/h3-9,12-14,20,29H,2,10-11H2,1H3/b21-19+/t20-/m1/s1. The van der Waals surface area contributed by atoms with Crippen LogP contribution in [0.25, 0.3) is 5.76 Å². The Bertz CT molecular complexity index is 1160. The average Bonchev–Trinajstić information content (AvgIpc) is 3.41. The number of nitrogens with zero attached hydrogens (tertiary/aromatic N) is 4. The molecule has 2 aromatic heterocycles. The lowest BCUT2D eigenvalue weighted by Gasteiger charge is -2.25. The van der Waals surface area contributed by atoms with Crippen LogP contribution >= 0.6 is 11.6 Å². The van der Waals surface area contributed by atoms with Crippen molar-refractivity contribution >= 4 is 29.1 Å². The van der Waals surface area contributed by atoms with Crippen LogP contribution in [0, 0.1) is 0 Å². The summed E-state index contributed by atoms with van der Waals surface area (Å²) in [7, 11) is 1.45. The Morgan fingerprint density at radius 2 is 1.91 bits per heavy atom. The number of aromatic nitrogens is 3. The van der Waals surface area contributed by atoms with Crippen molar-refractivity contribution in [2.24, 2.45) is 0 Å². The number of rotatable bonds is 7. The van der Waals surface area contributed by atoms with E-state index >= 15 is 0 Å². The van der Waals surface area contributed by atoms with Crippen LogP contribution in [-0.4, -0.2) is 49.9 Å². The number of Topliss-reactive ketones (excluding diaryl/α,β-unsaturated/α-hetero) is 1. The number of pyridine rings is 1. The lowest BCUT2D eigenvalue weighted by molar-refractivity contribution is -0.139. The van der Waals surface area contributed by atoms with Gasteiger partial charge < -0.3 is 19.3 Å². The van der Waals surface area contributed by atoms with Crippen molar-refractivity contribution in [2.75, 3.05) is 13.7 Å². The maximum absolute atomic E-state index is 13.1. The SMILES string of the molecule is COc1ccc(Cl)cc1/C(O)=C1\C(=O)C(=O)N(CCCn2ccnc2)[C@@H]1c1ccncc1. The number of hydrogen-bond acceptors (Lipinski definition) is 6. The Labute approximate surface area is 189 Å². The van der Waals surface area contributed by atoms with Crippen LogP contribution in [0.5, 0.6) is 5.75 Å². The molecule has 0 aliphatic carbocycles. The molecule has 164 valence electrons. The summed E-state index contributed by atoms with van der Waals surface area (Å²) in [6, 6.07) is 7.41. The largest absolute Gasteiger partial charge is 0.507 e. The molecule has 4 rings (SSSR count). The maximum Gasteiger partial charge on any atom is 0.295 e. The Morgan fingerprint density at radius 3 is 2.59 bits per heavy atom. The highest BCUT2D eigenvalue weighted by Crippen LogP contribution is 2.41. The molecule has 1 amide bonds. The van der Waals surface area contributed by atoms with Crippen LogP contribution in [-0.2, 0) is 16.1 Å². The van der Waals surface area contributed by atoms with Crippen molar-refractivity contribution in [3.05, 3.63) is 83.2 Å². The molecule has 0 saturated carbocycles. The number of imidazole rings is 1. The summed E-state index contributed by atoms with van der Waals surface area (Å²) in [5, 5.41) is 11.5. The summed E-state index contributed by atoms with van der Waals surface area (Å²) >= 11 is 6.12. The number of aryl methyl sites for hydroxylation is 1. The van der Waals surface area contributed by atoms with E-state index in [1.165, 1.54) is 18.1 Å². The summed E-state index contributed by atoms with van der Waals surface area (Å²) < 4.78 is 7.23. The van der Waals surface area contributed by atoms with Crippen molar-refractivity contribution in [2.45, 2.75) is 19.0 Å². The van der Waals surface area contributed by atoms with E-state index in [0.29, 0.717) is 35.8 Å². The van der Waals surface area contributed by atoms with Gasteiger partial charge in [0.25, 0.3) is 11.7 Å². The number of likely N-dealkylation sites (tertiary alicyclic amines) is 1. The molecule has 0 radical (unpaired) electrons. The fraction of sp³-hybridized carbons (Fsp3) is 0.217. The second-order valence-electron chi connectivity index (χ2n) is 7.27. The fourth-order valence-electron chi connectivity index (χ4n) is 3.86. The monoisotopic (exact) mass is 452 g/mol. The molecule has 1 atom stereocenters. The van der Waals surface area contributed by atoms with E-state index in [-0.39, 0.29) is 16.9 Å². The normalized spacial score (nSPS) is 17.7. The molecule has 0 spiro atoms. The quantitative estimate of drug-likeness (QED) is 0.335. The number of carbonyl (C=O) groups is 2. The van der Waals surface area contributed by atoms with Gasteiger partial charge in [0, 0.05) is 42.9 Å². The topological polar surface area (TPSA) is 97.6 Å². The highest BCUT2D eigenvalue weighted by atomic mass is 35.5. The first-order chi connectivity index (χ1) is 15.5. The van der Waals surface area contributed by atoms with Crippen molar-refractivity contribution in [3.8, 4) is 5.75 Å². The molecule has 32 heavy (non-hydrogen) atoms. The zero-order chi connectivity index (χ0) is 22.7. The predicted molar refractivity (Wildman–Crippen MR) is 118 cm³/mol. The molecule has 0 bridgehead atoms. The lowest BCUT2D eigenvalue weighted by Crippen LogP contribution is -2.31. The summed E-state index contributed by atoms with van der Waals surface area (Å²) in [6.45, 7) is 0.952. The molecular formula is C23H21ClN4O4. The zero-order valence-corrected chi connectivity index (χ0v) is 18.1. The van der Waals surface area contributed by atoms with Gasteiger partial charge in [-0.1, -0.05) is 11.6 Å². The first-order valence-electron chi connectivity index (χ1n) is 9.99. The van der Waals surface area contributed by atoms with Gasteiger partial charge >= 0.3 is 0 Å². The summed E-state index contributed by atoms with van der Waals surface area (Å²) in [6.07, 6.45) is 8.98. The maximum atomic E-state index is 13.1. The molecule has 1 aromatic carbocycles. The van der Waals surface area contributed by atoms with Gasteiger partial charge in [-0.3, -0.25) is 14.6 Å². The van der Waals surface area contributed by atoms with Gasteiger partial charge in [-0.2, -0.15) is 0 Å². The number of hydrogen-bond donors (Lipinski definition) is 1. The molecule has 3 heterocycles. The smallest absolute Gasteiger partial charge is 0.295 e. The lowest BCUT2D eigenvalue weighted by atomic mass is 9.95. The minimum absolute atomic E-state index is 0.00982. The third-order valence-corrected chi connectivity index (χ3v) is 5.59. The molecule has 3 aromatic rings. The average molecular weight is 453 g/mol. The van der Waals surface area contributed by atoms with Gasteiger partial charge in [0.1, 0.15) is 11.5 Å². The molecule has 9 heteroatoms. The van der Waals surface area contributed by atoms with Gasteiger partial charge in [-0.15, -0.1) is 0 Å².